The topological polar surface area (TPSA) is 97.2 Å². The first-order valence-corrected chi connectivity index (χ1v) is 10.6. The van der Waals surface area contributed by atoms with E-state index in [9.17, 15) is 4.39 Å². The molecule has 9 heteroatoms. The van der Waals surface area contributed by atoms with Crippen LogP contribution in [0.1, 0.15) is 37.9 Å². The van der Waals surface area contributed by atoms with E-state index in [0.717, 1.165) is 37.2 Å². The van der Waals surface area contributed by atoms with E-state index in [1.54, 1.807) is 18.5 Å². The van der Waals surface area contributed by atoms with Crippen molar-refractivity contribution in [2.45, 2.75) is 44.2 Å². The van der Waals surface area contributed by atoms with Gasteiger partial charge in [-0.1, -0.05) is 6.07 Å². The third-order valence-electron chi connectivity index (χ3n) is 5.84. The molecule has 0 bridgehead atoms. The van der Waals surface area contributed by atoms with E-state index >= 15 is 0 Å². The zero-order valence-electron chi connectivity index (χ0n) is 17.2. The highest BCUT2D eigenvalue weighted by atomic mass is 19.1. The maximum absolute atomic E-state index is 14.3. The number of hydrogen-bond donors (Lipinski definition) is 2. The number of rotatable bonds is 4. The SMILES string of the molecule is NC1CCC(Nc2cccc(N=C3CCN(c4ccncc4F)n4ccnc43)n2)CC1. The van der Waals surface area contributed by atoms with Crippen LogP contribution in [0.3, 0.4) is 0 Å². The van der Waals surface area contributed by atoms with Gasteiger partial charge in [0, 0.05) is 43.6 Å². The van der Waals surface area contributed by atoms with Gasteiger partial charge in [-0.3, -0.25) is 9.99 Å². The van der Waals surface area contributed by atoms with Crippen molar-refractivity contribution in [2.75, 3.05) is 16.9 Å². The Morgan fingerprint density at radius 1 is 1.13 bits per heavy atom. The Morgan fingerprint density at radius 3 is 2.84 bits per heavy atom. The van der Waals surface area contributed by atoms with Crippen LogP contribution in [-0.2, 0) is 0 Å². The standard InChI is InChI=1S/C22H25FN8/c23-17-14-25-10-8-19(17)30-12-9-18(22-26-11-13-31(22)30)28-21-3-1-2-20(29-21)27-16-6-4-15(24)5-7-16/h1-3,8,10-11,13-16H,4-7,9,12,24H2,(H,27,29). The lowest BCUT2D eigenvalue weighted by Gasteiger charge is -2.31. The van der Waals surface area contributed by atoms with Crippen LogP contribution in [0, 0.1) is 5.82 Å². The molecule has 1 aliphatic carbocycles. The van der Waals surface area contributed by atoms with E-state index in [1.165, 1.54) is 6.20 Å². The second-order valence-corrected chi connectivity index (χ2v) is 7.99. The van der Waals surface area contributed by atoms with Gasteiger partial charge in [-0.2, -0.15) is 0 Å². The fraction of sp³-hybridized carbons (Fsp3) is 0.364. The molecule has 1 fully saturated rings. The molecule has 8 nitrogen and oxygen atoms in total. The van der Waals surface area contributed by atoms with Gasteiger partial charge in [-0.25, -0.2) is 24.0 Å². The van der Waals surface area contributed by atoms with Crippen LogP contribution >= 0.6 is 0 Å². The summed E-state index contributed by atoms with van der Waals surface area (Å²) >= 11 is 0. The number of halogens is 1. The van der Waals surface area contributed by atoms with Gasteiger partial charge in [0.2, 0.25) is 0 Å². The molecule has 0 unspecified atom stereocenters. The van der Waals surface area contributed by atoms with Crippen molar-refractivity contribution in [2.24, 2.45) is 10.7 Å². The summed E-state index contributed by atoms with van der Waals surface area (Å²) in [4.78, 5) is 17.8. The Morgan fingerprint density at radius 2 is 2.00 bits per heavy atom. The Kier molecular flexibility index (Phi) is 5.33. The van der Waals surface area contributed by atoms with Gasteiger partial charge in [0.15, 0.2) is 17.5 Å². The average molecular weight is 420 g/mol. The van der Waals surface area contributed by atoms with Crippen molar-refractivity contribution >= 4 is 23.0 Å². The maximum atomic E-state index is 14.3. The summed E-state index contributed by atoms with van der Waals surface area (Å²) in [6.07, 6.45) is 11.1. The first-order chi connectivity index (χ1) is 15.2. The van der Waals surface area contributed by atoms with Crippen molar-refractivity contribution in [1.82, 2.24) is 19.6 Å². The number of nitrogens with two attached hydrogens (primary N) is 1. The van der Waals surface area contributed by atoms with Gasteiger partial charge in [-0.05, 0) is 43.9 Å². The molecule has 0 spiro atoms. The largest absolute Gasteiger partial charge is 0.367 e. The summed E-state index contributed by atoms with van der Waals surface area (Å²) in [5, 5.41) is 5.36. The zero-order valence-corrected chi connectivity index (χ0v) is 17.2. The molecule has 1 saturated carbocycles. The summed E-state index contributed by atoms with van der Waals surface area (Å²) in [7, 11) is 0. The fourth-order valence-electron chi connectivity index (χ4n) is 4.23. The molecular formula is C22H25FN8. The Balaban J connectivity index is 1.37. The lowest BCUT2D eigenvalue weighted by atomic mass is 9.92. The van der Waals surface area contributed by atoms with Gasteiger partial charge in [0.05, 0.1) is 17.6 Å². The van der Waals surface area contributed by atoms with Crippen molar-refractivity contribution in [3.05, 3.63) is 60.7 Å². The number of aliphatic imine (C=N–C) groups is 1. The number of nitrogens with one attached hydrogen (secondary N) is 1. The first kappa shape index (κ1) is 19.6. The number of aromatic nitrogens is 4. The predicted octanol–water partition coefficient (Wildman–Crippen LogP) is 3.29. The second kappa shape index (κ2) is 8.43. The highest BCUT2D eigenvalue weighted by Gasteiger charge is 2.25. The zero-order chi connectivity index (χ0) is 21.2. The van der Waals surface area contributed by atoms with Crippen LogP contribution in [0.4, 0.5) is 21.7 Å². The number of pyridine rings is 2. The number of fused-ring (bicyclic) bond motifs is 1. The third-order valence-corrected chi connectivity index (χ3v) is 5.84. The summed E-state index contributed by atoms with van der Waals surface area (Å²) < 4.78 is 16.1. The van der Waals surface area contributed by atoms with E-state index in [0.29, 0.717) is 42.4 Å². The van der Waals surface area contributed by atoms with Gasteiger partial charge in [0.25, 0.3) is 0 Å². The molecule has 3 N–H and O–H groups in total. The van der Waals surface area contributed by atoms with Crippen LogP contribution in [0.5, 0.6) is 0 Å². The molecule has 0 radical (unpaired) electrons. The van der Waals surface area contributed by atoms with Crippen LogP contribution in [0.25, 0.3) is 0 Å². The average Bonchev–Trinajstić information content (AvgIpc) is 3.27. The van der Waals surface area contributed by atoms with E-state index < -0.39 is 0 Å². The van der Waals surface area contributed by atoms with E-state index in [2.05, 4.69) is 20.3 Å². The molecule has 0 atom stereocenters. The monoisotopic (exact) mass is 420 g/mol. The Bertz CT molecular complexity index is 1090. The molecule has 160 valence electrons. The quantitative estimate of drug-likeness (QED) is 0.672. The molecule has 5 rings (SSSR count). The van der Waals surface area contributed by atoms with Crippen molar-refractivity contribution in [1.29, 1.82) is 0 Å². The number of nitrogens with zero attached hydrogens (tertiary/aromatic N) is 6. The predicted molar refractivity (Wildman–Crippen MR) is 118 cm³/mol. The third kappa shape index (κ3) is 4.13. The summed E-state index contributed by atoms with van der Waals surface area (Å²) in [5.41, 5.74) is 7.29. The van der Waals surface area contributed by atoms with Crippen LogP contribution in [-0.4, -0.2) is 44.0 Å². The minimum Gasteiger partial charge on any atom is -0.367 e. The highest BCUT2D eigenvalue weighted by Crippen LogP contribution is 2.26. The van der Waals surface area contributed by atoms with E-state index in [-0.39, 0.29) is 5.82 Å². The van der Waals surface area contributed by atoms with Crippen LogP contribution < -0.4 is 16.1 Å². The fourth-order valence-corrected chi connectivity index (χ4v) is 4.23. The molecule has 0 amide bonds. The Hall–Kier alpha value is -3.33. The van der Waals surface area contributed by atoms with Crippen molar-refractivity contribution in [3.8, 4) is 0 Å². The van der Waals surface area contributed by atoms with Gasteiger partial charge < -0.3 is 11.1 Å². The molecule has 3 aromatic rings. The summed E-state index contributed by atoms with van der Waals surface area (Å²) in [5.74, 6) is 1.77. The van der Waals surface area contributed by atoms with Crippen molar-refractivity contribution < 1.29 is 4.39 Å². The molecule has 3 aromatic heterocycles. The van der Waals surface area contributed by atoms with Gasteiger partial charge >= 0.3 is 0 Å². The minimum absolute atomic E-state index is 0.318. The summed E-state index contributed by atoms with van der Waals surface area (Å²) in [6, 6.07) is 8.19. The van der Waals surface area contributed by atoms with Crippen LogP contribution in [0.2, 0.25) is 0 Å². The van der Waals surface area contributed by atoms with Gasteiger partial charge in [0.1, 0.15) is 5.82 Å². The lowest BCUT2D eigenvalue weighted by molar-refractivity contribution is 0.410. The highest BCUT2D eigenvalue weighted by molar-refractivity contribution is 6.00. The van der Waals surface area contributed by atoms with Crippen LogP contribution in [0.15, 0.2) is 54.0 Å². The smallest absolute Gasteiger partial charge is 0.173 e. The number of anilines is 2. The van der Waals surface area contributed by atoms with Gasteiger partial charge in [-0.15, -0.1) is 0 Å². The van der Waals surface area contributed by atoms with E-state index in [1.807, 2.05) is 34.1 Å². The molecule has 2 aliphatic rings. The maximum Gasteiger partial charge on any atom is 0.173 e. The van der Waals surface area contributed by atoms with E-state index in [4.69, 9.17) is 10.7 Å². The lowest BCUT2D eigenvalue weighted by Crippen LogP contribution is -2.39. The number of imidazole rings is 1. The molecule has 1 aliphatic heterocycles. The first-order valence-electron chi connectivity index (χ1n) is 10.6. The molecule has 31 heavy (non-hydrogen) atoms. The normalized spacial score (nSPS) is 22.4. The molecule has 0 aromatic carbocycles. The van der Waals surface area contributed by atoms with Crippen molar-refractivity contribution in [3.63, 3.8) is 0 Å². The number of hydrogen-bond acceptors (Lipinski definition) is 7. The molecular weight excluding hydrogens is 395 g/mol. The molecule has 4 heterocycles. The minimum atomic E-state index is -0.369. The second-order valence-electron chi connectivity index (χ2n) is 7.99. The summed E-state index contributed by atoms with van der Waals surface area (Å²) in [6.45, 7) is 0.573. The molecule has 0 saturated heterocycles. The Labute approximate surface area is 180 Å².